The van der Waals surface area contributed by atoms with Gasteiger partial charge in [0.25, 0.3) is 5.91 Å². The van der Waals surface area contributed by atoms with Gasteiger partial charge in [-0.15, -0.1) is 22.7 Å². The highest BCUT2D eigenvalue weighted by molar-refractivity contribution is 7.12. The van der Waals surface area contributed by atoms with E-state index in [-0.39, 0.29) is 24.8 Å². The molecule has 184 valence electrons. The largest absolute Gasteiger partial charge is 0.458 e. The number of carbonyl (C=O) groups is 3. The summed E-state index contributed by atoms with van der Waals surface area (Å²) >= 11 is 2.64. The number of benzene rings is 2. The molecule has 2 aromatic heterocycles. The molecule has 0 saturated carbocycles. The van der Waals surface area contributed by atoms with E-state index in [0.717, 1.165) is 16.8 Å². The third-order valence-electron chi connectivity index (χ3n) is 5.31. The molecule has 1 atom stereocenters. The van der Waals surface area contributed by atoms with Gasteiger partial charge >= 0.3 is 5.97 Å². The quantitative estimate of drug-likeness (QED) is 0.294. The molecule has 0 saturated heterocycles. The summed E-state index contributed by atoms with van der Waals surface area (Å²) in [5.41, 5.74) is 3.20. The maximum absolute atomic E-state index is 12.9. The molecule has 2 amide bonds. The maximum Gasteiger partial charge on any atom is 0.329 e. The Morgan fingerprint density at radius 3 is 2.50 bits per heavy atom. The topological polar surface area (TPSA) is 97.4 Å². The number of esters is 1. The van der Waals surface area contributed by atoms with Crippen LogP contribution in [-0.2, 0) is 33.8 Å². The average molecular weight is 520 g/mol. The second-order valence-corrected chi connectivity index (χ2v) is 9.96. The third-order valence-corrected chi connectivity index (χ3v) is 7.08. The van der Waals surface area contributed by atoms with Crippen LogP contribution >= 0.6 is 22.7 Å². The minimum absolute atomic E-state index is 0.0467. The Balaban J connectivity index is 1.34. The smallest absolute Gasteiger partial charge is 0.329 e. The van der Waals surface area contributed by atoms with Crippen LogP contribution in [0.1, 0.15) is 31.5 Å². The monoisotopic (exact) mass is 519 g/mol. The number of aromatic nitrogens is 1. The third kappa shape index (κ3) is 7.10. The predicted octanol–water partition coefficient (Wildman–Crippen LogP) is 4.78. The number of thiazole rings is 1. The molecule has 2 heterocycles. The Morgan fingerprint density at radius 1 is 0.972 bits per heavy atom. The van der Waals surface area contributed by atoms with Crippen LogP contribution in [0.5, 0.6) is 0 Å². The molecule has 0 fully saturated rings. The summed E-state index contributed by atoms with van der Waals surface area (Å²) in [6.07, 6.45) is 0.429. The van der Waals surface area contributed by atoms with E-state index >= 15 is 0 Å². The molecule has 0 radical (unpaired) electrons. The van der Waals surface area contributed by atoms with Gasteiger partial charge in [-0.2, -0.15) is 0 Å². The van der Waals surface area contributed by atoms with Crippen LogP contribution in [0, 0.1) is 6.92 Å². The predicted molar refractivity (Wildman–Crippen MR) is 141 cm³/mol. The Kier molecular flexibility index (Phi) is 8.59. The Bertz CT molecular complexity index is 1320. The Hall–Kier alpha value is -3.82. The van der Waals surface area contributed by atoms with Crippen molar-refractivity contribution < 1.29 is 19.1 Å². The number of thiophene rings is 1. The zero-order valence-electron chi connectivity index (χ0n) is 19.6. The summed E-state index contributed by atoms with van der Waals surface area (Å²) in [5.74, 6) is -1.03. The molecule has 4 aromatic rings. The highest BCUT2D eigenvalue weighted by Gasteiger charge is 2.24. The molecule has 0 bridgehead atoms. The first-order valence-corrected chi connectivity index (χ1v) is 13.1. The van der Waals surface area contributed by atoms with Gasteiger partial charge in [0.05, 0.1) is 17.0 Å². The Labute approximate surface area is 217 Å². The van der Waals surface area contributed by atoms with Crippen LogP contribution in [-0.4, -0.2) is 28.8 Å². The number of amides is 2. The molecule has 1 unspecified atom stereocenters. The van der Waals surface area contributed by atoms with E-state index in [2.05, 4.69) is 15.6 Å². The summed E-state index contributed by atoms with van der Waals surface area (Å²) < 4.78 is 5.50. The van der Waals surface area contributed by atoms with Gasteiger partial charge in [-0.25, -0.2) is 9.78 Å². The molecule has 4 rings (SSSR count). The molecule has 7 nitrogen and oxygen atoms in total. The highest BCUT2D eigenvalue weighted by Crippen LogP contribution is 2.16. The first-order chi connectivity index (χ1) is 17.5. The molecule has 0 aliphatic carbocycles. The van der Waals surface area contributed by atoms with Gasteiger partial charge in [0, 0.05) is 17.5 Å². The zero-order chi connectivity index (χ0) is 25.3. The van der Waals surface area contributed by atoms with Gasteiger partial charge in [0.15, 0.2) is 0 Å². The lowest BCUT2D eigenvalue weighted by Crippen LogP contribution is -2.43. The standard InChI is InChI=1S/C27H25N3O4S2/c1-18-8-5-6-11-21(18)29-24(31)15-25-28-20(17-36-25)16-34-27(33)22(14-19-9-3-2-4-10-19)30-26(32)23-12-7-13-35-23/h2-13,17,22H,14-16H2,1H3,(H,29,31)(H,30,32). The maximum atomic E-state index is 12.9. The zero-order valence-corrected chi connectivity index (χ0v) is 21.2. The fraction of sp³-hybridized carbons (Fsp3) is 0.185. The normalized spacial score (nSPS) is 11.5. The lowest BCUT2D eigenvalue weighted by molar-refractivity contribution is -0.147. The summed E-state index contributed by atoms with van der Waals surface area (Å²) in [5, 5.41) is 9.87. The van der Waals surface area contributed by atoms with E-state index in [1.54, 1.807) is 22.9 Å². The van der Waals surface area contributed by atoms with E-state index in [4.69, 9.17) is 4.74 Å². The molecule has 36 heavy (non-hydrogen) atoms. The fourth-order valence-corrected chi connectivity index (χ4v) is 4.87. The van der Waals surface area contributed by atoms with Crippen LogP contribution in [0.15, 0.2) is 77.5 Å². The van der Waals surface area contributed by atoms with Crippen LogP contribution in [0.2, 0.25) is 0 Å². The molecule has 2 N–H and O–H groups in total. The molecule has 2 aromatic carbocycles. The van der Waals surface area contributed by atoms with E-state index in [1.807, 2.05) is 61.5 Å². The van der Waals surface area contributed by atoms with Crippen molar-refractivity contribution in [3.63, 3.8) is 0 Å². The van der Waals surface area contributed by atoms with Crippen molar-refractivity contribution in [2.75, 3.05) is 5.32 Å². The molecule has 9 heteroatoms. The Morgan fingerprint density at radius 2 is 1.75 bits per heavy atom. The number of hydrogen-bond acceptors (Lipinski definition) is 7. The number of aryl methyl sites for hydroxylation is 1. The summed E-state index contributed by atoms with van der Waals surface area (Å²) in [4.78, 5) is 42.9. The van der Waals surface area contributed by atoms with Crippen LogP contribution in [0.3, 0.4) is 0 Å². The number of nitrogens with one attached hydrogen (secondary N) is 2. The average Bonchev–Trinajstić information content (AvgIpc) is 3.57. The number of ether oxygens (including phenoxy) is 1. The van der Waals surface area contributed by atoms with Crippen LogP contribution in [0.25, 0.3) is 0 Å². The van der Waals surface area contributed by atoms with Gasteiger partial charge < -0.3 is 15.4 Å². The van der Waals surface area contributed by atoms with E-state index < -0.39 is 12.0 Å². The van der Waals surface area contributed by atoms with E-state index in [1.165, 1.54) is 22.7 Å². The van der Waals surface area contributed by atoms with Gasteiger partial charge in [-0.1, -0.05) is 54.6 Å². The minimum atomic E-state index is -0.847. The van der Waals surface area contributed by atoms with Gasteiger partial charge in [0.2, 0.25) is 5.91 Å². The van der Waals surface area contributed by atoms with Crippen LogP contribution in [0.4, 0.5) is 5.69 Å². The second kappa shape index (κ2) is 12.2. The van der Waals surface area contributed by atoms with Crippen molar-refractivity contribution in [1.82, 2.24) is 10.3 Å². The van der Waals surface area contributed by atoms with Crippen LogP contribution < -0.4 is 10.6 Å². The van der Waals surface area contributed by atoms with Crippen molar-refractivity contribution in [2.24, 2.45) is 0 Å². The summed E-state index contributed by atoms with van der Waals surface area (Å²) in [6.45, 7) is 1.88. The van der Waals surface area contributed by atoms with Crippen molar-refractivity contribution in [3.05, 3.63) is 104 Å². The van der Waals surface area contributed by atoms with Crippen molar-refractivity contribution >= 4 is 46.1 Å². The van der Waals surface area contributed by atoms with Crippen molar-refractivity contribution in [3.8, 4) is 0 Å². The fourth-order valence-electron chi connectivity index (χ4n) is 3.47. The van der Waals surface area contributed by atoms with E-state index in [9.17, 15) is 14.4 Å². The van der Waals surface area contributed by atoms with E-state index in [0.29, 0.717) is 22.0 Å². The summed E-state index contributed by atoms with van der Waals surface area (Å²) in [7, 11) is 0. The van der Waals surface area contributed by atoms with Crippen molar-refractivity contribution in [2.45, 2.75) is 32.4 Å². The van der Waals surface area contributed by atoms with Gasteiger partial charge in [-0.05, 0) is 35.6 Å². The lowest BCUT2D eigenvalue weighted by Gasteiger charge is -2.17. The highest BCUT2D eigenvalue weighted by atomic mass is 32.1. The number of anilines is 1. The number of carbonyl (C=O) groups excluding carboxylic acids is 3. The minimum Gasteiger partial charge on any atom is -0.458 e. The van der Waals surface area contributed by atoms with Crippen molar-refractivity contribution in [1.29, 1.82) is 0 Å². The first kappa shape index (κ1) is 25.3. The van der Waals surface area contributed by atoms with Gasteiger partial charge in [-0.3, -0.25) is 9.59 Å². The SMILES string of the molecule is Cc1ccccc1NC(=O)Cc1nc(COC(=O)C(Cc2ccccc2)NC(=O)c2cccs2)cs1. The van der Waals surface area contributed by atoms with Gasteiger partial charge in [0.1, 0.15) is 17.7 Å². The number of para-hydroxylation sites is 1. The molecular weight excluding hydrogens is 494 g/mol. The summed E-state index contributed by atoms with van der Waals surface area (Å²) in [6, 6.07) is 19.6. The lowest BCUT2D eigenvalue weighted by atomic mass is 10.1. The number of rotatable bonds is 10. The second-order valence-electron chi connectivity index (χ2n) is 8.07. The molecule has 0 spiro atoms. The molecule has 0 aliphatic rings. The number of nitrogens with zero attached hydrogens (tertiary/aromatic N) is 1. The first-order valence-electron chi connectivity index (χ1n) is 11.3. The molecule has 0 aliphatic heterocycles. The number of hydrogen-bond donors (Lipinski definition) is 2. The molecular formula is C27H25N3O4S2.